The molecule has 0 saturated heterocycles. The molecular weight excluding hydrogens is 304 g/mol. The smallest absolute Gasteiger partial charge is 0.309 e. The molecule has 24 heavy (non-hydrogen) atoms. The maximum atomic E-state index is 12.4. The first-order chi connectivity index (χ1) is 11.6. The molecule has 0 amide bonds. The summed E-state index contributed by atoms with van der Waals surface area (Å²) < 4.78 is 11.1. The highest BCUT2D eigenvalue weighted by atomic mass is 16.5. The summed E-state index contributed by atoms with van der Waals surface area (Å²) in [5.74, 6) is 0.195. The van der Waals surface area contributed by atoms with Gasteiger partial charge in [-0.1, -0.05) is 26.7 Å². The van der Waals surface area contributed by atoms with Crippen molar-refractivity contribution in [3.63, 3.8) is 0 Å². The normalized spacial score (nSPS) is 25.5. The Balaban J connectivity index is 1.71. The van der Waals surface area contributed by atoms with Gasteiger partial charge in [0.05, 0.1) is 18.4 Å². The molecule has 0 aromatic rings. The first-order valence-corrected chi connectivity index (χ1v) is 9.93. The van der Waals surface area contributed by atoms with Crippen LogP contribution in [-0.4, -0.2) is 24.6 Å². The van der Waals surface area contributed by atoms with Crippen molar-refractivity contribution < 1.29 is 19.1 Å². The second-order valence-electron chi connectivity index (χ2n) is 7.96. The summed E-state index contributed by atoms with van der Waals surface area (Å²) in [6.45, 7) is 4.85. The van der Waals surface area contributed by atoms with E-state index in [0.717, 1.165) is 57.8 Å². The first-order valence-electron chi connectivity index (χ1n) is 9.93. The largest absolute Gasteiger partial charge is 0.465 e. The van der Waals surface area contributed by atoms with Gasteiger partial charge in [0.15, 0.2) is 0 Å². The summed E-state index contributed by atoms with van der Waals surface area (Å²) in [7, 11) is 0. The monoisotopic (exact) mass is 338 g/mol. The fourth-order valence-corrected chi connectivity index (χ4v) is 3.84. The molecule has 4 nitrogen and oxygen atoms in total. The molecule has 2 saturated carbocycles. The van der Waals surface area contributed by atoms with E-state index >= 15 is 0 Å². The molecule has 138 valence electrons. The highest BCUT2D eigenvalue weighted by molar-refractivity contribution is 5.76. The van der Waals surface area contributed by atoms with Crippen molar-refractivity contribution in [2.45, 2.75) is 90.6 Å². The number of hydrogen-bond donors (Lipinski definition) is 0. The number of hydrogen-bond acceptors (Lipinski definition) is 4. The van der Waals surface area contributed by atoms with Crippen LogP contribution in [0, 0.1) is 17.8 Å². The molecule has 0 bridgehead atoms. The molecule has 2 aliphatic rings. The van der Waals surface area contributed by atoms with Crippen LogP contribution in [0.15, 0.2) is 0 Å². The summed E-state index contributed by atoms with van der Waals surface area (Å²) in [6.07, 6.45) is 10.9. The Morgan fingerprint density at radius 3 is 2.25 bits per heavy atom. The molecule has 2 atom stereocenters. The van der Waals surface area contributed by atoms with E-state index in [4.69, 9.17) is 9.47 Å². The minimum atomic E-state index is -0.123. The van der Waals surface area contributed by atoms with Crippen molar-refractivity contribution >= 4 is 11.9 Å². The minimum absolute atomic E-state index is 0.0841. The van der Waals surface area contributed by atoms with Crippen molar-refractivity contribution in [1.29, 1.82) is 0 Å². The van der Waals surface area contributed by atoms with Crippen LogP contribution in [0.3, 0.4) is 0 Å². The first kappa shape index (κ1) is 19.3. The second kappa shape index (κ2) is 10.0. The Bertz CT molecular complexity index is 398. The van der Waals surface area contributed by atoms with Crippen LogP contribution in [0.5, 0.6) is 0 Å². The highest BCUT2D eigenvalue weighted by Crippen LogP contribution is 2.32. The van der Waals surface area contributed by atoms with Gasteiger partial charge >= 0.3 is 11.9 Å². The summed E-state index contributed by atoms with van der Waals surface area (Å²) >= 11 is 0. The molecule has 0 N–H and O–H groups in total. The average molecular weight is 338 g/mol. The predicted octanol–water partition coefficient (Wildman–Crippen LogP) is 4.65. The van der Waals surface area contributed by atoms with Crippen LogP contribution < -0.4 is 0 Å². The van der Waals surface area contributed by atoms with Crippen molar-refractivity contribution in [2.24, 2.45) is 17.8 Å². The van der Waals surface area contributed by atoms with Crippen LogP contribution in [0.1, 0.15) is 84.5 Å². The van der Waals surface area contributed by atoms with Crippen LogP contribution >= 0.6 is 0 Å². The predicted molar refractivity (Wildman–Crippen MR) is 93.4 cm³/mol. The Morgan fingerprint density at radius 1 is 0.917 bits per heavy atom. The Hall–Kier alpha value is -1.06. The van der Waals surface area contributed by atoms with E-state index in [9.17, 15) is 9.59 Å². The third-order valence-electron chi connectivity index (χ3n) is 5.35. The van der Waals surface area contributed by atoms with Gasteiger partial charge in [0, 0.05) is 0 Å². The lowest BCUT2D eigenvalue weighted by Crippen LogP contribution is -2.32. The zero-order chi connectivity index (χ0) is 17.4. The van der Waals surface area contributed by atoms with E-state index in [1.54, 1.807) is 0 Å². The number of carbonyl (C=O) groups excluding carboxylic acids is 2. The Labute approximate surface area is 146 Å². The molecule has 0 heterocycles. The molecule has 2 aliphatic carbocycles. The lowest BCUT2D eigenvalue weighted by atomic mass is 9.81. The van der Waals surface area contributed by atoms with Crippen molar-refractivity contribution in [3.8, 4) is 0 Å². The summed E-state index contributed by atoms with van der Waals surface area (Å²) in [5, 5.41) is 0. The van der Waals surface area contributed by atoms with Crippen LogP contribution in [0.25, 0.3) is 0 Å². The topological polar surface area (TPSA) is 52.6 Å². The van der Waals surface area contributed by atoms with Gasteiger partial charge < -0.3 is 9.47 Å². The van der Waals surface area contributed by atoms with Gasteiger partial charge in [-0.2, -0.15) is 0 Å². The van der Waals surface area contributed by atoms with Crippen molar-refractivity contribution in [1.82, 2.24) is 0 Å². The minimum Gasteiger partial charge on any atom is -0.465 e. The molecule has 2 rings (SSSR count). The standard InChI is InChI=1S/C20H34O4/c1-15(2)8-7-13-23-19(21)16-9-6-10-17(14-16)20(22)24-18-11-4-3-5-12-18/h15-18H,3-14H2,1-2H3. The lowest BCUT2D eigenvalue weighted by Gasteiger charge is -2.29. The lowest BCUT2D eigenvalue weighted by molar-refractivity contribution is -0.159. The quantitative estimate of drug-likeness (QED) is 0.501. The van der Waals surface area contributed by atoms with Gasteiger partial charge in [-0.15, -0.1) is 0 Å². The maximum Gasteiger partial charge on any atom is 0.309 e. The number of esters is 2. The summed E-state index contributed by atoms with van der Waals surface area (Å²) in [6, 6.07) is 0. The fraction of sp³-hybridized carbons (Fsp3) is 0.900. The maximum absolute atomic E-state index is 12.4. The number of rotatable bonds is 7. The van der Waals surface area contributed by atoms with E-state index < -0.39 is 0 Å². The fourth-order valence-electron chi connectivity index (χ4n) is 3.84. The molecule has 0 spiro atoms. The van der Waals surface area contributed by atoms with Gasteiger partial charge in [0.25, 0.3) is 0 Å². The van der Waals surface area contributed by atoms with Gasteiger partial charge in [-0.25, -0.2) is 0 Å². The molecule has 2 unspecified atom stereocenters. The third-order valence-corrected chi connectivity index (χ3v) is 5.35. The van der Waals surface area contributed by atoms with E-state index in [1.807, 2.05) is 0 Å². The zero-order valence-electron chi connectivity index (χ0n) is 15.4. The highest BCUT2D eigenvalue weighted by Gasteiger charge is 2.34. The second-order valence-corrected chi connectivity index (χ2v) is 7.96. The Morgan fingerprint density at radius 2 is 1.58 bits per heavy atom. The molecule has 0 aliphatic heterocycles. The average Bonchev–Trinajstić information content (AvgIpc) is 2.59. The van der Waals surface area contributed by atoms with Crippen molar-refractivity contribution in [2.75, 3.05) is 6.61 Å². The van der Waals surface area contributed by atoms with E-state index in [-0.39, 0.29) is 29.9 Å². The number of ether oxygens (including phenoxy) is 2. The van der Waals surface area contributed by atoms with Gasteiger partial charge in [-0.3, -0.25) is 9.59 Å². The summed E-state index contributed by atoms with van der Waals surface area (Å²) in [4.78, 5) is 24.6. The molecule has 2 fully saturated rings. The van der Waals surface area contributed by atoms with Gasteiger partial charge in [0.2, 0.25) is 0 Å². The number of carbonyl (C=O) groups is 2. The van der Waals surface area contributed by atoms with E-state index in [1.165, 1.54) is 6.42 Å². The van der Waals surface area contributed by atoms with Crippen molar-refractivity contribution in [3.05, 3.63) is 0 Å². The van der Waals surface area contributed by atoms with E-state index in [2.05, 4.69) is 13.8 Å². The molecule has 0 aromatic carbocycles. The summed E-state index contributed by atoms with van der Waals surface area (Å²) in [5.41, 5.74) is 0. The zero-order valence-corrected chi connectivity index (χ0v) is 15.4. The van der Waals surface area contributed by atoms with E-state index in [0.29, 0.717) is 18.9 Å². The molecular formula is C20H34O4. The van der Waals surface area contributed by atoms with Crippen LogP contribution in [0.4, 0.5) is 0 Å². The van der Waals surface area contributed by atoms with Crippen LogP contribution in [-0.2, 0) is 19.1 Å². The molecule has 0 aromatic heterocycles. The van der Waals surface area contributed by atoms with Crippen LogP contribution in [0.2, 0.25) is 0 Å². The Kier molecular flexibility index (Phi) is 8.07. The SMILES string of the molecule is CC(C)CCCOC(=O)C1CCCC(C(=O)OC2CCCCC2)C1. The molecule has 4 heteroatoms. The third kappa shape index (κ3) is 6.45. The van der Waals surface area contributed by atoms with Gasteiger partial charge in [-0.05, 0) is 63.7 Å². The molecule has 0 radical (unpaired) electrons. The van der Waals surface area contributed by atoms with Gasteiger partial charge in [0.1, 0.15) is 6.10 Å².